The fourth-order valence-electron chi connectivity index (χ4n) is 4.64. The maximum absolute atomic E-state index is 2.52. The molecule has 0 heterocycles. The first-order valence-corrected chi connectivity index (χ1v) is 14.2. The maximum Gasteiger partial charge on any atom is -1.00 e. The number of hydrogen-bond donors (Lipinski definition) is 0. The van der Waals surface area contributed by atoms with Crippen LogP contribution in [0.15, 0.2) is 57.1 Å². The van der Waals surface area contributed by atoms with E-state index in [1.165, 1.54) is 33.4 Å². The fraction of sp³-hybridized carbons (Fsp3) is 0.360. The molecule has 0 aliphatic heterocycles. The van der Waals surface area contributed by atoms with E-state index in [-0.39, 0.29) is 37.2 Å². The molecule has 0 saturated heterocycles. The van der Waals surface area contributed by atoms with Gasteiger partial charge < -0.3 is 37.2 Å². The summed E-state index contributed by atoms with van der Waals surface area (Å²) >= 11 is 2.34. The van der Waals surface area contributed by atoms with Gasteiger partial charge >= 0.3 is 179 Å². The molecule has 2 aromatic rings. The molecule has 0 amide bonds. The molecule has 1 aliphatic rings. The van der Waals surface area contributed by atoms with Gasteiger partial charge in [0.15, 0.2) is 0 Å². The van der Waals surface area contributed by atoms with E-state index in [0.29, 0.717) is 5.92 Å². The first kappa shape index (κ1) is 29.7. The Balaban J connectivity index is 0.00000280. The maximum atomic E-state index is 2.52. The van der Waals surface area contributed by atoms with Gasteiger partial charge in [0, 0.05) is 0 Å². The molecule has 0 fully saturated rings. The molecule has 2 aromatic carbocycles. The Kier molecular flexibility index (Phi) is 11.4. The van der Waals surface area contributed by atoms with Gasteiger partial charge in [0.05, 0.1) is 0 Å². The molecule has 30 heavy (non-hydrogen) atoms. The van der Waals surface area contributed by atoms with Gasteiger partial charge in [-0.15, -0.1) is 0 Å². The van der Waals surface area contributed by atoms with Crippen molar-refractivity contribution in [3.8, 4) is 0 Å². The monoisotopic (exact) mass is 512 g/mol. The standard InChI is InChI=1S/C25H31Si.3ClH.Ti/c1-17-11-18(2)14-21(13-17)25(22-15-19(3)12-20(4)16-22)23-9-8-10-24(23)26(5,6)7;;;;/h9,11-16,25H,8H2,1-7H3;3*1H;/q;;;;+3/p-3. The van der Waals surface area contributed by atoms with Crippen molar-refractivity contribution >= 4 is 8.07 Å². The zero-order valence-corrected chi connectivity index (χ0v) is 23.8. The molecule has 0 aromatic heterocycles. The Bertz CT molecular complexity index is 863. The fourth-order valence-corrected chi connectivity index (χ4v) is 8.90. The van der Waals surface area contributed by atoms with Crippen molar-refractivity contribution in [3.05, 3.63) is 90.5 Å². The van der Waals surface area contributed by atoms with Crippen LogP contribution in [0, 0.1) is 27.7 Å². The van der Waals surface area contributed by atoms with Crippen molar-refractivity contribution in [2.24, 2.45) is 0 Å². The zero-order chi connectivity index (χ0) is 19.9. The van der Waals surface area contributed by atoms with E-state index in [9.17, 15) is 0 Å². The minimum Gasteiger partial charge on any atom is -1.00 e. The minimum atomic E-state index is -1.42. The molecule has 0 radical (unpaired) electrons. The molecule has 0 N–H and O–H groups in total. The SMILES string of the molecule is Cc1cc(C)cc(C(C2=CC[C]([Ti+3])=C2[Si](C)(C)C)c2cc(C)cc(C)c2)c1.[Cl-].[Cl-].[Cl-]. The molecule has 1 aliphatic carbocycles. The Labute approximate surface area is 214 Å². The quantitative estimate of drug-likeness (QED) is 0.418. The number of halogens is 3. The summed E-state index contributed by atoms with van der Waals surface area (Å²) in [5.41, 5.74) is 9.87. The van der Waals surface area contributed by atoms with Crippen LogP contribution >= 0.6 is 0 Å². The number of rotatable bonds is 4. The number of allylic oxidation sites excluding steroid dienone is 4. The van der Waals surface area contributed by atoms with E-state index in [2.05, 4.69) is 110 Å². The summed E-state index contributed by atoms with van der Waals surface area (Å²) in [6.45, 7) is 16.4. The topological polar surface area (TPSA) is 0 Å². The van der Waals surface area contributed by atoms with Crippen LogP contribution in [0.25, 0.3) is 0 Å². The van der Waals surface area contributed by atoms with Crippen LogP contribution in [0.5, 0.6) is 0 Å². The first-order chi connectivity index (χ1) is 12.6. The predicted octanol–water partition coefficient (Wildman–Crippen LogP) is -1.93. The van der Waals surface area contributed by atoms with Crippen molar-refractivity contribution in [2.45, 2.75) is 59.7 Å². The van der Waals surface area contributed by atoms with Gasteiger partial charge in [-0.05, 0) is 0 Å². The van der Waals surface area contributed by atoms with Gasteiger partial charge in [0.2, 0.25) is 0 Å². The summed E-state index contributed by atoms with van der Waals surface area (Å²) in [7, 11) is -1.42. The Morgan fingerprint density at radius 2 is 1.07 bits per heavy atom. The average Bonchev–Trinajstić information content (AvgIpc) is 2.87. The summed E-state index contributed by atoms with van der Waals surface area (Å²) in [5, 5.41) is 1.69. The van der Waals surface area contributed by atoms with Crippen molar-refractivity contribution in [2.75, 3.05) is 0 Å². The molecule has 3 rings (SSSR count). The molecular formula is C25H31Cl3SiTi. The third-order valence-electron chi connectivity index (χ3n) is 5.33. The smallest absolute Gasteiger partial charge is 1.00 e. The second-order valence-corrected chi connectivity index (χ2v) is 15.2. The van der Waals surface area contributed by atoms with Crippen LogP contribution in [0.1, 0.15) is 45.7 Å². The van der Waals surface area contributed by atoms with E-state index in [4.69, 9.17) is 0 Å². The summed E-state index contributed by atoms with van der Waals surface area (Å²) in [6.07, 6.45) is 3.63. The molecule has 5 heteroatoms. The predicted molar refractivity (Wildman–Crippen MR) is 117 cm³/mol. The van der Waals surface area contributed by atoms with Gasteiger partial charge in [-0.25, -0.2) is 0 Å². The molecule has 0 saturated carbocycles. The van der Waals surface area contributed by atoms with Gasteiger partial charge in [-0.1, -0.05) is 0 Å². The summed E-state index contributed by atoms with van der Waals surface area (Å²) in [6, 6.07) is 14.1. The second-order valence-electron chi connectivity index (χ2n) is 9.24. The van der Waals surface area contributed by atoms with E-state index < -0.39 is 8.07 Å². The van der Waals surface area contributed by atoms with Crippen LogP contribution in [0.3, 0.4) is 0 Å². The Morgan fingerprint density at radius 3 is 1.40 bits per heavy atom. The van der Waals surface area contributed by atoms with Crippen molar-refractivity contribution < 1.29 is 57.7 Å². The van der Waals surface area contributed by atoms with Gasteiger partial charge in [-0.3, -0.25) is 0 Å². The van der Waals surface area contributed by atoms with E-state index in [1.54, 1.807) is 14.6 Å². The number of hydrogen-bond acceptors (Lipinski definition) is 0. The van der Waals surface area contributed by atoms with Crippen molar-refractivity contribution in [3.63, 3.8) is 0 Å². The summed E-state index contributed by atoms with van der Waals surface area (Å²) in [5.74, 6) is 0.335. The third kappa shape index (κ3) is 6.61. The largest absolute Gasteiger partial charge is 1.00 e. The Hall–Kier alpha value is -0.279. The van der Waals surface area contributed by atoms with Gasteiger partial charge in [0.25, 0.3) is 0 Å². The van der Waals surface area contributed by atoms with Crippen molar-refractivity contribution in [1.82, 2.24) is 0 Å². The van der Waals surface area contributed by atoms with Crippen molar-refractivity contribution in [1.29, 1.82) is 0 Å². The molecule has 0 nitrogen and oxygen atoms in total. The Morgan fingerprint density at radius 1 is 0.700 bits per heavy atom. The van der Waals surface area contributed by atoms with Gasteiger partial charge in [0.1, 0.15) is 0 Å². The number of benzene rings is 2. The van der Waals surface area contributed by atoms with Crippen LogP contribution in [0.4, 0.5) is 0 Å². The molecule has 0 atom stereocenters. The zero-order valence-electron chi connectivity index (χ0n) is 19.0. The molecule has 160 valence electrons. The first-order valence-electron chi connectivity index (χ1n) is 9.88. The normalized spacial score (nSPS) is 13.5. The molecule has 0 bridgehead atoms. The average molecular weight is 514 g/mol. The third-order valence-corrected chi connectivity index (χ3v) is 8.52. The van der Waals surface area contributed by atoms with E-state index >= 15 is 0 Å². The molecular weight excluding hydrogens is 483 g/mol. The summed E-state index contributed by atoms with van der Waals surface area (Å²) < 4.78 is 1.59. The molecule has 0 spiro atoms. The number of aryl methyl sites for hydroxylation is 4. The minimum absolute atomic E-state index is 0. The van der Waals surface area contributed by atoms with E-state index in [1.807, 2.05) is 0 Å². The van der Waals surface area contributed by atoms with Crippen LogP contribution < -0.4 is 37.2 Å². The van der Waals surface area contributed by atoms with Gasteiger partial charge in [-0.2, -0.15) is 0 Å². The van der Waals surface area contributed by atoms with Crippen LogP contribution in [0.2, 0.25) is 19.6 Å². The second kappa shape index (κ2) is 11.5. The summed E-state index contributed by atoms with van der Waals surface area (Å²) in [4.78, 5) is 0. The van der Waals surface area contributed by atoms with E-state index in [0.717, 1.165) is 6.42 Å². The van der Waals surface area contributed by atoms with Crippen LogP contribution in [-0.2, 0) is 20.4 Å². The molecule has 0 unspecified atom stereocenters. The van der Waals surface area contributed by atoms with Crippen LogP contribution in [-0.4, -0.2) is 8.07 Å².